The van der Waals surface area contributed by atoms with Crippen LogP contribution >= 0.6 is 0 Å². The van der Waals surface area contributed by atoms with Gasteiger partial charge in [-0.2, -0.15) is 0 Å². The van der Waals surface area contributed by atoms with E-state index in [-0.39, 0.29) is 17.8 Å². The Hall–Kier alpha value is -1.90. The summed E-state index contributed by atoms with van der Waals surface area (Å²) >= 11 is 0. The number of para-hydroxylation sites is 1. The lowest BCUT2D eigenvalue weighted by atomic mass is 9.91. The molecule has 18 heavy (non-hydrogen) atoms. The summed E-state index contributed by atoms with van der Waals surface area (Å²) < 4.78 is 5.60. The number of aromatic nitrogens is 1. The number of hydrogen-bond donors (Lipinski definition) is 0. The summed E-state index contributed by atoms with van der Waals surface area (Å²) in [4.78, 5) is 16.1. The number of Topliss-reactive ketones (excluding diaryl/α,β-unsaturated/α-hetero) is 1. The molecule has 0 saturated heterocycles. The summed E-state index contributed by atoms with van der Waals surface area (Å²) in [6.45, 7) is 5.75. The van der Waals surface area contributed by atoms with E-state index in [1.807, 2.05) is 51.1 Å². The van der Waals surface area contributed by atoms with Gasteiger partial charge in [-0.3, -0.25) is 9.78 Å². The quantitative estimate of drug-likeness (QED) is 0.830. The van der Waals surface area contributed by atoms with Crippen molar-refractivity contribution in [2.75, 3.05) is 6.61 Å². The van der Waals surface area contributed by atoms with Gasteiger partial charge in [0.2, 0.25) is 0 Å². The van der Waals surface area contributed by atoms with Gasteiger partial charge in [0.15, 0.2) is 5.78 Å². The van der Waals surface area contributed by atoms with Gasteiger partial charge < -0.3 is 4.74 Å². The summed E-state index contributed by atoms with van der Waals surface area (Å²) in [5.41, 5.74) is 0.416. The van der Waals surface area contributed by atoms with Crippen molar-refractivity contribution in [2.24, 2.45) is 5.41 Å². The number of fused-ring (bicyclic) bond motifs is 1. The third-order valence-electron chi connectivity index (χ3n) is 2.79. The number of nitrogens with zero attached hydrogens (tertiary/aromatic N) is 1. The van der Waals surface area contributed by atoms with Crippen molar-refractivity contribution in [3.63, 3.8) is 0 Å². The van der Waals surface area contributed by atoms with E-state index in [0.29, 0.717) is 5.75 Å². The van der Waals surface area contributed by atoms with Crippen LogP contribution in [0, 0.1) is 5.41 Å². The SMILES string of the molecule is CC(C)(C)C(=O)COc1cccc2cccnc12. The smallest absolute Gasteiger partial charge is 0.175 e. The first kappa shape index (κ1) is 12.6. The molecule has 0 aliphatic carbocycles. The number of ether oxygens (including phenoxy) is 1. The Morgan fingerprint density at radius 2 is 1.94 bits per heavy atom. The van der Waals surface area contributed by atoms with Crippen LogP contribution < -0.4 is 4.74 Å². The van der Waals surface area contributed by atoms with Crippen LogP contribution in [0.2, 0.25) is 0 Å². The van der Waals surface area contributed by atoms with Crippen LogP contribution in [0.5, 0.6) is 5.75 Å². The second-order valence-corrected chi connectivity index (χ2v) is 5.29. The van der Waals surface area contributed by atoms with E-state index >= 15 is 0 Å². The second kappa shape index (κ2) is 4.77. The number of pyridine rings is 1. The highest BCUT2D eigenvalue weighted by atomic mass is 16.5. The molecule has 0 bridgehead atoms. The van der Waals surface area contributed by atoms with Crippen LogP contribution in [-0.4, -0.2) is 17.4 Å². The first-order valence-corrected chi connectivity index (χ1v) is 5.98. The van der Waals surface area contributed by atoms with E-state index in [0.717, 1.165) is 10.9 Å². The molecule has 3 heteroatoms. The largest absolute Gasteiger partial charge is 0.484 e. The van der Waals surface area contributed by atoms with Crippen molar-refractivity contribution in [1.29, 1.82) is 0 Å². The molecule has 1 aromatic heterocycles. The van der Waals surface area contributed by atoms with Crippen molar-refractivity contribution in [3.8, 4) is 5.75 Å². The maximum absolute atomic E-state index is 11.8. The van der Waals surface area contributed by atoms with E-state index < -0.39 is 0 Å². The first-order valence-electron chi connectivity index (χ1n) is 5.98. The average Bonchev–Trinajstić information content (AvgIpc) is 2.34. The fourth-order valence-corrected chi connectivity index (χ4v) is 1.55. The molecule has 0 N–H and O–H groups in total. The van der Waals surface area contributed by atoms with Crippen LogP contribution in [0.1, 0.15) is 20.8 Å². The van der Waals surface area contributed by atoms with Gasteiger partial charge in [0.25, 0.3) is 0 Å². The van der Waals surface area contributed by atoms with Gasteiger partial charge in [0.1, 0.15) is 17.9 Å². The zero-order valence-corrected chi connectivity index (χ0v) is 10.9. The lowest BCUT2D eigenvalue weighted by Crippen LogP contribution is -2.26. The standard InChI is InChI=1S/C15H17NO2/c1-15(2,3)13(17)10-18-12-8-4-6-11-7-5-9-16-14(11)12/h4-9H,10H2,1-3H3. The predicted octanol–water partition coefficient (Wildman–Crippen LogP) is 3.23. The summed E-state index contributed by atoms with van der Waals surface area (Å²) in [6, 6.07) is 9.57. The molecule has 0 saturated carbocycles. The predicted molar refractivity (Wildman–Crippen MR) is 71.7 cm³/mol. The Morgan fingerprint density at radius 1 is 1.22 bits per heavy atom. The lowest BCUT2D eigenvalue weighted by molar-refractivity contribution is -0.128. The van der Waals surface area contributed by atoms with Gasteiger partial charge >= 0.3 is 0 Å². The van der Waals surface area contributed by atoms with Gasteiger partial charge in [0, 0.05) is 17.0 Å². The van der Waals surface area contributed by atoms with Crippen molar-refractivity contribution in [1.82, 2.24) is 4.98 Å². The van der Waals surface area contributed by atoms with Gasteiger partial charge in [-0.05, 0) is 12.1 Å². The van der Waals surface area contributed by atoms with Crippen LogP contribution in [0.15, 0.2) is 36.5 Å². The van der Waals surface area contributed by atoms with E-state index in [1.165, 1.54) is 0 Å². The Labute approximate surface area is 107 Å². The van der Waals surface area contributed by atoms with Crippen LogP contribution in [0.4, 0.5) is 0 Å². The second-order valence-electron chi connectivity index (χ2n) is 5.29. The highest BCUT2D eigenvalue weighted by Crippen LogP contribution is 2.23. The Morgan fingerprint density at radius 3 is 2.67 bits per heavy atom. The zero-order valence-electron chi connectivity index (χ0n) is 10.9. The Kier molecular flexibility index (Phi) is 3.32. The summed E-state index contributed by atoms with van der Waals surface area (Å²) in [5.74, 6) is 0.737. The molecular weight excluding hydrogens is 226 g/mol. The number of hydrogen-bond acceptors (Lipinski definition) is 3. The average molecular weight is 243 g/mol. The molecular formula is C15H17NO2. The molecule has 1 heterocycles. The fraction of sp³-hybridized carbons (Fsp3) is 0.333. The number of rotatable bonds is 3. The van der Waals surface area contributed by atoms with E-state index in [9.17, 15) is 4.79 Å². The third-order valence-corrected chi connectivity index (χ3v) is 2.79. The summed E-state index contributed by atoms with van der Waals surface area (Å²) in [7, 11) is 0. The van der Waals surface area contributed by atoms with Gasteiger partial charge in [0.05, 0.1) is 0 Å². The van der Waals surface area contributed by atoms with E-state index in [2.05, 4.69) is 4.98 Å². The minimum absolute atomic E-state index is 0.0791. The van der Waals surface area contributed by atoms with E-state index in [1.54, 1.807) is 6.20 Å². The van der Waals surface area contributed by atoms with Crippen molar-refractivity contribution in [2.45, 2.75) is 20.8 Å². The molecule has 2 rings (SSSR count). The highest BCUT2D eigenvalue weighted by molar-refractivity contribution is 5.87. The molecule has 0 amide bonds. The zero-order chi connectivity index (χ0) is 13.2. The maximum atomic E-state index is 11.8. The highest BCUT2D eigenvalue weighted by Gasteiger charge is 2.21. The molecule has 0 radical (unpaired) electrons. The Bertz CT molecular complexity index is 565. The minimum Gasteiger partial charge on any atom is -0.484 e. The molecule has 3 nitrogen and oxygen atoms in total. The van der Waals surface area contributed by atoms with Crippen molar-refractivity contribution >= 4 is 16.7 Å². The third kappa shape index (κ3) is 2.67. The minimum atomic E-state index is -0.377. The van der Waals surface area contributed by atoms with E-state index in [4.69, 9.17) is 4.74 Å². The molecule has 0 aliphatic heterocycles. The molecule has 2 aromatic rings. The van der Waals surface area contributed by atoms with Crippen LogP contribution in [-0.2, 0) is 4.79 Å². The normalized spacial score (nSPS) is 11.5. The molecule has 0 spiro atoms. The lowest BCUT2D eigenvalue weighted by Gasteiger charge is -2.17. The van der Waals surface area contributed by atoms with Crippen LogP contribution in [0.3, 0.4) is 0 Å². The molecule has 94 valence electrons. The van der Waals surface area contributed by atoms with Crippen molar-refractivity contribution in [3.05, 3.63) is 36.5 Å². The fourth-order valence-electron chi connectivity index (χ4n) is 1.55. The van der Waals surface area contributed by atoms with Crippen LogP contribution in [0.25, 0.3) is 10.9 Å². The molecule has 0 fully saturated rings. The molecule has 0 atom stereocenters. The topological polar surface area (TPSA) is 39.2 Å². The number of ketones is 1. The van der Waals surface area contributed by atoms with Gasteiger partial charge in [-0.15, -0.1) is 0 Å². The number of carbonyl (C=O) groups excluding carboxylic acids is 1. The summed E-state index contributed by atoms with van der Waals surface area (Å²) in [5, 5.41) is 1.01. The summed E-state index contributed by atoms with van der Waals surface area (Å²) in [6.07, 6.45) is 1.72. The molecule has 0 aliphatic rings. The van der Waals surface area contributed by atoms with Gasteiger partial charge in [-0.25, -0.2) is 0 Å². The Balaban J connectivity index is 2.20. The van der Waals surface area contributed by atoms with Crippen molar-refractivity contribution < 1.29 is 9.53 Å². The number of carbonyl (C=O) groups is 1. The maximum Gasteiger partial charge on any atom is 0.175 e. The number of benzene rings is 1. The molecule has 1 aromatic carbocycles. The first-order chi connectivity index (χ1) is 8.48. The monoisotopic (exact) mass is 243 g/mol. The van der Waals surface area contributed by atoms with Gasteiger partial charge in [-0.1, -0.05) is 39.0 Å². The molecule has 0 unspecified atom stereocenters.